The van der Waals surface area contributed by atoms with Crippen molar-refractivity contribution in [2.24, 2.45) is 11.8 Å². The van der Waals surface area contributed by atoms with Crippen molar-refractivity contribution in [3.63, 3.8) is 0 Å². The summed E-state index contributed by atoms with van der Waals surface area (Å²) in [7, 11) is 1.88. The van der Waals surface area contributed by atoms with Crippen LogP contribution >= 0.6 is 0 Å². The van der Waals surface area contributed by atoms with Crippen LogP contribution in [0.15, 0.2) is 12.1 Å². The van der Waals surface area contributed by atoms with E-state index in [1.54, 1.807) is 0 Å². The van der Waals surface area contributed by atoms with Crippen LogP contribution in [0, 0.1) is 11.8 Å². The van der Waals surface area contributed by atoms with Crippen LogP contribution in [0.2, 0.25) is 0 Å². The van der Waals surface area contributed by atoms with E-state index in [-0.39, 0.29) is 0 Å². The molecule has 2 fully saturated rings. The van der Waals surface area contributed by atoms with E-state index in [2.05, 4.69) is 26.3 Å². The molecule has 2 unspecified atom stereocenters. The average molecular weight is 228 g/mol. The minimum Gasteiger partial charge on any atom is -0.373 e. The van der Waals surface area contributed by atoms with Crippen molar-refractivity contribution in [3.8, 4) is 0 Å². The molecule has 0 spiro atoms. The molecule has 0 bridgehead atoms. The maximum atomic E-state index is 4.66. The Balaban J connectivity index is 1.73. The smallest absolute Gasteiger partial charge is 0.179 e. The van der Waals surface area contributed by atoms with E-state index < -0.39 is 0 Å². The summed E-state index contributed by atoms with van der Waals surface area (Å²) in [6.07, 6.45) is 4.19. The molecule has 2 N–H and O–H groups in total. The van der Waals surface area contributed by atoms with Gasteiger partial charge in [0.2, 0.25) is 0 Å². The second-order valence-corrected chi connectivity index (χ2v) is 5.22. The van der Waals surface area contributed by atoms with Crippen molar-refractivity contribution in [2.45, 2.75) is 25.2 Å². The van der Waals surface area contributed by atoms with E-state index >= 15 is 0 Å². The van der Waals surface area contributed by atoms with Crippen LogP contribution in [0.1, 0.15) is 31.0 Å². The molecular formula is C13H16N4. The molecule has 88 valence electrons. The molecule has 2 aromatic rings. The van der Waals surface area contributed by atoms with Crippen LogP contribution < -0.4 is 5.32 Å². The Labute approximate surface area is 99.9 Å². The van der Waals surface area contributed by atoms with E-state index in [0.717, 1.165) is 34.6 Å². The summed E-state index contributed by atoms with van der Waals surface area (Å²) in [5, 5.41) is 3.05. The lowest BCUT2D eigenvalue weighted by atomic mass is 10.1. The van der Waals surface area contributed by atoms with Crippen LogP contribution in [0.4, 0.5) is 5.82 Å². The molecule has 4 rings (SSSR count). The maximum absolute atomic E-state index is 4.66. The van der Waals surface area contributed by atoms with Gasteiger partial charge in [-0.1, -0.05) is 6.42 Å². The second kappa shape index (κ2) is 3.22. The van der Waals surface area contributed by atoms with Crippen LogP contribution in [0.25, 0.3) is 11.2 Å². The van der Waals surface area contributed by atoms with Crippen LogP contribution in [0.5, 0.6) is 0 Å². The van der Waals surface area contributed by atoms with Gasteiger partial charge in [0.25, 0.3) is 0 Å². The average Bonchev–Trinajstić information content (AvgIpc) is 2.77. The maximum Gasteiger partial charge on any atom is 0.179 e. The topological polar surface area (TPSA) is 53.6 Å². The minimum atomic E-state index is 0.691. The molecule has 2 aliphatic rings. The zero-order valence-corrected chi connectivity index (χ0v) is 9.90. The van der Waals surface area contributed by atoms with Gasteiger partial charge in [0.05, 0.1) is 5.52 Å². The van der Waals surface area contributed by atoms with Crippen molar-refractivity contribution >= 4 is 17.0 Å². The first-order valence-electron chi connectivity index (χ1n) is 6.41. The number of hydrogen-bond donors (Lipinski definition) is 2. The fraction of sp³-hybridized carbons (Fsp3) is 0.538. The highest BCUT2D eigenvalue weighted by molar-refractivity contribution is 5.73. The predicted octanol–water partition coefficient (Wildman–Crippen LogP) is 2.51. The van der Waals surface area contributed by atoms with Crippen molar-refractivity contribution in [1.29, 1.82) is 0 Å². The zero-order chi connectivity index (χ0) is 11.4. The van der Waals surface area contributed by atoms with Gasteiger partial charge in [-0.15, -0.1) is 0 Å². The number of pyridine rings is 1. The van der Waals surface area contributed by atoms with E-state index in [0.29, 0.717) is 5.92 Å². The number of rotatable bonds is 2. The molecule has 2 atom stereocenters. The van der Waals surface area contributed by atoms with Crippen LogP contribution in [-0.2, 0) is 0 Å². The van der Waals surface area contributed by atoms with E-state index in [1.807, 2.05) is 13.1 Å². The first-order valence-corrected chi connectivity index (χ1v) is 6.41. The zero-order valence-electron chi connectivity index (χ0n) is 9.90. The van der Waals surface area contributed by atoms with Crippen LogP contribution in [0.3, 0.4) is 0 Å². The Kier molecular flexibility index (Phi) is 1.79. The molecular weight excluding hydrogens is 212 g/mol. The molecule has 4 heteroatoms. The Hall–Kier alpha value is -1.58. The lowest BCUT2D eigenvalue weighted by molar-refractivity contribution is 0.664. The summed E-state index contributed by atoms with van der Waals surface area (Å²) in [5.74, 6) is 4.54. The summed E-state index contributed by atoms with van der Waals surface area (Å²) in [6, 6.07) is 4.04. The van der Waals surface area contributed by atoms with Crippen molar-refractivity contribution < 1.29 is 0 Å². The SMILES string of the molecule is CNc1ccc2[nH]c(C3C4CCCC43)nc2n1. The Morgan fingerprint density at radius 2 is 2.06 bits per heavy atom. The third-order valence-electron chi connectivity index (χ3n) is 4.34. The summed E-state index contributed by atoms with van der Waals surface area (Å²) < 4.78 is 0. The summed E-state index contributed by atoms with van der Waals surface area (Å²) in [6.45, 7) is 0. The lowest BCUT2D eigenvalue weighted by Crippen LogP contribution is -1.91. The Morgan fingerprint density at radius 3 is 2.82 bits per heavy atom. The number of fused-ring (bicyclic) bond motifs is 2. The predicted molar refractivity (Wildman–Crippen MR) is 67.0 cm³/mol. The molecule has 2 saturated carbocycles. The van der Waals surface area contributed by atoms with Crippen LogP contribution in [-0.4, -0.2) is 22.0 Å². The van der Waals surface area contributed by atoms with Gasteiger partial charge in [0.1, 0.15) is 11.6 Å². The monoisotopic (exact) mass is 228 g/mol. The Bertz CT molecular complexity index is 564. The molecule has 0 radical (unpaired) electrons. The minimum absolute atomic E-state index is 0.691. The van der Waals surface area contributed by atoms with Gasteiger partial charge < -0.3 is 10.3 Å². The van der Waals surface area contributed by atoms with Gasteiger partial charge in [-0.3, -0.25) is 0 Å². The molecule has 2 aromatic heterocycles. The number of aromatic nitrogens is 3. The number of anilines is 1. The van der Waals surface area contributed by atoms with Crippen molar-refractivity contribution in [3.05, 3.63) is 18.0 Å². The fourth-order valence-corrected chi connectivity index (χ4v) is 3.44. The molecule has 0 aromatic carbocycles. The highest BCUT2D eigenvalue weighted by Gasteiger charge is 2.54. The molecule has 2 heterocycles. The number of nitrogens with zero attached hydrogens (tertiary/aromatic N) is 2. The Morgan fingerprint density at radius 1 is 1.24 bits per heavy atom. The van der Waals surface area contributed by atoms with Gasteiger partial charge >= 0.3 is 0 Å². The molecule has 0 aliphatic heterocycles. The molecule has 2 aliphatic carbocycles. The quantitative estimate of drug-likeness (QED) is 0.830. The highest BCUT2D eigenvalue weighted by Crippen LogP contribution is 2.62. The van der Waals surface area contributed by atoms with Crippen molar-refractivity contribution in [2.75, 3.05) is 12.4 Å². The third kappa shape index (κ3) is 1.30. The highest BCUT2D eigenvalue weighted by atomic mass is 15.1. The summed E-state index contributed by atoms with van der Waals surface area (Å²) in [4.78, 5) is 12.6. The lowest BCUT2D eigenvalue weighted by Gasteiger charge is -1.97. The normalized spacial score (nSPS) is 30.5. The number of nitrogens with one attached hydrogen (secondary N) is 2. The molecule has 0 amide bonds. The fourth-order valence-electron chi connectivity index (χ4n) is 3.44. The number of aromatic amines is 1. The number of H-pyrrole nitrogens is 1. The van der Waals surface area contributed by atoms with Gasteiger partial charge in [-0.25, -0.2) is 9.97 Å². The van der Waals surface area contributed by atoms with E-state index in [9.17, 15) is 0 Å². The first-order chi connectivity index (χ1) is 8.36. The van der Waals surface area contributed by atoms with Gasteiger partial charge in [0, 0.05) is 13.0 Å². The summed E-state index contributed by atoms with van der Waals surface area (Å²) in [5.41, 5.74) is 1.90. The molecule has 17 heavy (non-hydrogen) atoms. The largest absolute Gasteiger partial charge is 0.373 e. The van der Waals surface area contributed by atoms with Gasteiger partial charge in [-0.05, 0) is 36.8 Å². The standard InChI is InChI=1S/C13H16N4/c1-14-10-6-5-9-12(16-10)17-13(15-9)11-7-3-2-4-8(7)11/h5-8,11H,2-4H2,1H3,(H2,14,15,16,17). The van der Waals surface area contributed by atoms with E-state index in [4.69, 9.17) is 0 Å². The third-order valence-corrected chi connectivity index (χ3v) is 4.34. The first kappa shape index (κ1) is 9.45. The van der Waals surface area contributed by atoms with Gasteiger partial charge in [0.15, 0.2) is 5.65 Å². The van der Waals surface area contributed by atoms with E-state index in [1.165, 1.54) is 19.3 Å². The second-order valence-electron chi connectivity index (χ2n) is 5.22. The van der Waals surface area contributed by atoms with Gasteiger partial charge in [-0.2, -0.15) is 0 Å². The molecule has 4 nitrogen and oxygen atoms in total. The summed E-state index contributed by atoms with van der Waals surface area (Å²) >= 11 is 0. The van der Waals surface area contributed by atoms with Crippen molar-refractivity contribution in [1.82, 2.24) is 15.0 Å². The number of imidazole rings is 1. The number of hydrogen-bond acceptors (Lipinski definition) is 3. The molecule has 0 saturated heterocycles.